The Kier molecular flexibility index (Phi) is 4.41. The van der Waals surface area contributed by atoms with Gasteiger partial charge in [0.25, 0.3) is 5.69 Å². The lowest BCUT2D eigenvalue weighted by atomic mass is 10.2. The maximum absolute atomic E-state index is 10.9. The van der Waals surface area contributed by atoms with Crippen molar-refractivity contribution >= 4 is 22.4 Å². The SMILES string of the molecule is CCN(CCCO)c1ncnc2ccc([N+](=O)[O-])cc12. The largest absolute Gasteiger partial charge is 0.396 e. The van der Waals surface area contributed by atoms with Gasteiger partial charge in [0.2, 0.25) is 0 Å². The minimum absolute atomic E-state index is 0.0201. The second kappa shape index (κ2) is 6.25. The van der Waals surface area contributed by atoms with Crippen LogP contribution in [0, 0.1) is 10.1 Å². The van der Waals surface area contributed by atoms with E-state index in [0.717, 1.165) is 0 Å². The molecule has 0 bridgehead atoms. The average molecular weight is 276 g/mol. The molecule has 7 nitrogen and oxygen atoms in total. The molecule has 20 heavy (non-hydrogen) atoms. The van der Waals surface area contributed by atoms with Gasteiger partial charge in [0, 0.05) is 37.2 Å². The summed E-state index contributed by atoms with van der Waals surface area (Å²) in [6.07, 6.45) is 2.07. The Labute approximate surface area is 116 Å². The topological polar surface area (TPSA) is 92.4 Å². The fourth-order valence-electron chi connectivity index (χ4n) is 2.07. The first-order chi connectivity index (χ1) is 9.67. The van der Waals surface area contributed by atoms with Gasteiger partial charge in [-0.25, -0.2) is 9.97 Å². The number of aromatic nitrogens is 2. The molecule has 0 saturated heterocycles. The number of benzene rings is 1. The highest BCUT2D eigenvalue weighted by Gasteiger charge is 2.14. The number of hydrogen-bond acceptors (Lipinski definition) is 6. The number of nitro benzene ring substituents is 1. The number of nitrogens with zero attached hydrogens (tertiary/aromatic N) is 4. The summed E-state index contributed by atoms with van der Waals surface area (Å²) >= 11 is 0. The van der Waals surface area contributed by atoms with Crippen LogP contribution in [0.4, 0.5) is 11.5 Å². The summed E-state index contributed by atoms with van der Waals surface area (Å²) in [6, 6.07) is 4.55. The summed E-state index contributed by atoms with van der Waals surface area (Å²) in [5, 5.41) is 20.5. The first-order valence-electron chi connectivity index (χ1n) is 6.42. The van der Waals surface area contributed by atoms with Gasteiger partial charge in [0.1, 0.15) is 12.1 Å². The Morgan fingerprint density at radius 2 is 2.20 bits per heavy atom. The van der Waals surface area contributed by atoms with Gasteiger partial charge in [-0.2, -0.15) is 0 Å². The molecule has 0 unspecified atom stereocenters. The quantitative estimate of drug-likeness (QED) is 0.638. The smallest absolute Gasteiger partial charge is 0.270 e. The summed E-state index contributed by atoms with van der Waals surface area (Å²) in [5.74, 6) is 0.662. The van der Waals surface area contributed by atoms with Crippen molar-refractivity contribution in [1.82, 2.24) is 9.97 Å². The molecule has 2 aromatic rings. The molecule has 0 aliphatic rings. The highest BCUT2D eigenvalue weighted by atomic mass is 16.6. The van der Waals surface area contributed by atoms with Crippen molar-refractivity contribution < 1.29 is 10.0 Å². The van der Waals surface area contributed by atoms with E-state index in [-0.39, 0.29) is 12.3 Å². The van der Waals surface area contributed by atoms with E-state index in [1.165, 1.54) is 18.5 Å². The highest BCUT2D eigenvalue weighted by Crippen LogP contribution is 2.26. The van der Waals surface area contributed by atoms with Crippen molar-refractivity contribution in [2.45, 2.75) is 13.3 Å². The van der Waals surface area contributed by atoms with E-state index in [0.29, 0.717) is 36.2 Å². The van der Waals surface area contributed by atoms with Crippen molar-refractivity contribution in [2.24, 2.45) is 0 Å². The lowest BCUT2D eigenvalue weighted by Gasteiger charge is -2.22. The number of anilines is 1. The molecule has 1 aromatic heterocycles. The molecule has 7 heteroatoms. The molecule has 106 valence electrons. The van der Waals surface area contributed by atoms with E-state index in [4.69, 9.17) is 5.11 Å². The monoisotopic (exact) mass is 276 g/mol. The number of rotatable bonds is 6. The zero-order valence-corrected chi connectivity index (χ0v) is 11.2. The Balaban J connectivity index is 2.50. The molecule has 0 radical (unpaired) electrons. The van der Waals surface area contributed by atoms with Gasteiger partial charge < -0.3 is 10.0 Å². The molecule has 1 N–H and O–H groups in total. The van der Waals surface area contributed by atoms with Crippen LogP contribution in [-0.2, 0) is 0 Å². The zero-order valence-electron chi connectivity index (χ0n) is 11.2. The molecule has 0 fully saturated rings. The van der Waals surface area contributed by atoms with Crippen molar-refractivity contribution in [2.75, 3.05) is 24.6 Å². The molecule has 0 spiro atoms. The summed E-state index contributed by atoms with van der Waals surface area (Å²) in [4.78, 5) is 20.8. The molecule has 2 rings (SSSR count). The number of non-ortho nitro benzene ring substituents is 1. The Hall–Kier alpha value is -2.28. The molecular weight excluding hydrogens is 260 g/mol. The summed E-state index contributed by atoms with van der Waals surface area (Å²) in [6.45, 7) is 3.42. The van der Waals surface area contributed by atoms with Crippen molar-refractivity contribution in [3.05, 3.63) is 34.6 Å². The van der Waals surface area contributed by atoms with Crippen LogP contribution in [0.25, 0.3) is 10.9 Å². The van der Waals surface area contributed by atoms with Crippen molar-refractivity contribution in [3.8, 4) is 0 Å². The van der Waals surface area contributed by atoms with Crippen LogP contribution < -0.4 is 4.90 Å². The summed E-state index contributed by atoms with van der Waals surface area (Å²) in [5.41, 5.74) is 0.690. The van der Waals surface area contributed by atoms with Crippen molar-refractivity contribution in [1.29, 1.82) is 0 Å². The van der Waals surface area contributed by atoms with Gasteiger partial charge in [-0.05, 0) is 19.4 Å². The van der Waals surface area contributed by atoms with E-state index < -0.39 is 4.92 Å². The van der Waals surface area contributed by atoms with Crippen LogP contribution >= 0.6 is 0 Å². The van der Waals surface area contributed by atoms with Crippen LogP contribution in [0.15, 0.2) is 24.5 Å². The van der Waals surface area contributed by atoms with Crippen LogP contribution in [0.5, 0.6) is 0 Å². The van der Waals surface area contributed by atoms with E-state index >= 15 is 0 Å². The molecular formula is C13H16N4O3. The number of nitro groups is 1. The number of aliphatic hydroxyl groups excluding tert-OH is 1. The van der Waals surface area contributed by atoms with Gasteiger partial charge in [-0.3, -0.25) is 10.1 Å². The molecule has 0 atom stereocenters. The third-order valence-corrected chi connectivity index (χ3v) is 3.08. The second-order valence-electron chi connectivity index (χ2n) is 4.31. The summed E-state index contributed by atoms with van der Waals surface area (Å²) < 4.78 is 0. The van der Waals surface area contributed by atoms with Crippen LogP contribution in [-0.4, -0.2) is 39.7 Å². The predicted octanol–water partition coefficient (Wildman–Crippen LogP) is 1.75. The van der Waals surface area contributed by atoms with Crippen LogP contribution in [0.1, 0.15) is 13.3 Å². The fraction of sp³-hybridized carbons (Fsp3) is 0.385. The molecule has 1 aromatic carbocycles. The van der Waals surface area contributed by atoms with E-state index in [9.17, 15) is 10.1 Å². The normalized spacial score (nSPS) is 10.7. The zero-order chi connectivity index (χ0) is 14.5. The Morgan fingerprint density at radius 3 is 2.85 bits per heavy atom. The molecule has 0 amide bonds. The number of hydrogen-bond donors (Lipinski definition) is 1. The first kappa shape index (κ1) is 14.1. The predicted molar refractivity (Wildman–Crippen MR) is 75.8 cm³/mol. The van der Waals surface area contributed by atoms with Gasteiger partial charge in [-0.15, -0.1) is 0 Å². The lowest BCUT2D eigenvalue weighted by molar-refractivity contribution is -0.384. The van der Waals surface area contributed by atoms with Gasteiger partial charge in [0.15, 0.2) is 0 Å². The van der Waals surface area contributed by atoms with E-state index in [1.807, 2.05) is 11.8 Å². The number of aliphatic hydroxyl groups is 1. The van der Waals surface area contributed by atoms with Gasteiger partial charge in [0.05, 0.1) is 10.4 Å². The third-order valence-electron chi connectivity index (χ3n) is 3.08. The minimum Gasteiger partial charge on any atom is -0.396 e. The van der Waals surface area contributed by atoms with Crippen LogP contribution in [0.3, 0.4) is 0 Å². The Bertz CT molecular complexity index is 618. The van der Waals surface area contributed by atoms with Gasteiger partial charge >= 0.3 is 0 Å². The second-order valence-corrected chi connectivity index (χ2v) is 4.31. The molecule has 0 aliphatic heterocycles. The average Bonchev–Trinajstić information content (AvgIpc) is 2.47. The van der Waals surface area contributed by atoms with Crippen molar-refractivity contribution in [3.63, 3.8) is 0 Å². The molecule has 0 aliphatic carbocycles. The summed E-state index contributed by atoms with van der Waals surface area (Å²) in [7, 11) is 0. The van der Waals surface area contributed by atoms with E-state index in [1.54, 1.807) is 6.07 Å². The van der Waals surface area contributed by atoms with E-state index in [2.05, 4.69) is 9.97 Å². The maximum Gasteiger partial charge on any atom is 0.270 e. The first-order valence-corrected chi connectivity index (χ1v) is 6.42. The standard InChI is InChI=1S/C13H16N4O3/c1-2-16(6-3-7-18)13-11-8-10(17(19)20)4-5-12(11)14-9-15-13/h4-5,8-9,18H,2-3,6-7H2,1H3. The maximum atomic E-state index is 10.9. The molecule has 0 saturated carbocycles. The lowest BCUT2D eigenvalue weighted by Crippen LogP contribution is -2.25. The van der Waals surface area contributed by atoms with Crippen LogP contribution in [0.2, 0.25) is 0 Å². The van der Waals surface area contributed by atoms with Gasteiger partial charge in [-0.1, -0.05) is 0 Å². The molecule has 1 heterocycles. The fourth-order valence-corrected chi connectivity index (χ4v) is 2.07. The Morgan fingerprint density at radius 1 is 1.40 bits per heavy atom. The minimum atomic E-state index is -0.430. The third kappa shape index (κ3) is 2.83. The number of fused-ring (bicyclic) bond motifs is 1. The highest BCUT2D eigenvalue weighted by molar-refractivity contribution is 5.91.